The van der Waals surface area contributed by atoms with E-state index in [1.54, 1.807) is 0 Å². The average molecular weight is 568 g/mol. The predicted octanol–water partition coefficient (Wildman–Crippen LogP) is 6.29. The summed E-state index contributed by atoms with van der Waals surface area (Å²) in [4.78, 5) is 12.2. The molecule has 1 aliphatic heterocycles. The summed E-state index contributed by atoms with van der Waals surface area (Å²) in [5, 5.41) is 4.90. The highest BCUT2D eigenvalue weighted by Gasteiger charge is 2.44. The van der Waals surface area contributed by atoms with Crippen molar-refractivity contribution in [2.75, 3.05) is 14.2 Å². The molecule has 2 heterocycles. The van der Waals surface area contributed by atoms with Crippen molar-refractivity contribution in [1.29, 1.82) is 0 Å². The number of benzene rings is 2. The minimum atomic E-state index is -5.11. The molecule has 0 aliphatic carbocycles. The lowest BCUT2D eigenvalue weighted by Gasteiger charge is -2.24. The van der Waals surface area contributed by atoms with Crippen LogP contribution < -0.4 is 9.47 Å². The molecular formula is C22H16ClF6N3O4S. The molecule has 1 aliphatic rings. The molecule has 2 aromatic carbocycles. The molecule has 15 heteroatoms. The summed E-state index contributed by atoms with van der Waals surface area (Å²) in [7, 11) is 2.24. The first kappa shape index (κ1) is 26.9. The van der Waals surface area contributed by atoms with Gasteiger partial charge in [-0.3, -0.25) is 9.36 Å². The van der Waals surface area contributed by atoms with Gasteiger partial charge in [0, 0.05) is 10.6 Å². The minimum Gasteiger partial charge on any atom is -0.493 e. The number of carbonyl (C=O) groups excluding carboxylic acids is 1. The smallest absolute Gasteiger partial charge is 0.493 e. The second kappa shape index (κ2) is 9.97. The Morgan fingerprint density at radius 3 is 2.43 bits per heavy atom. The van der Waals surface area contributed by atoms with Crippen molar-refractivity contribution in [2.45, 2.75) is 29.5 Å². The van der Waals surface area contributed by atoms with Gasteiger partial charge in [-0.1, -0.05) is 23.7 Å². The molecule has 2 atom stereocenters. The molecular weight excluding hydrogens is 552 g/mol. The van der Waals surface area contributed by atoms with Gasteiger partial charge in [0.2, 0.25) is 5.82 Å². The van der Waals surface area contributed by atoms with Crippen LogP contribution in [0.15, 0.2) is 36.4 Å². The van der Waals surface area contributed by atoms with E-state index < -0.39 is 47.0 Å². The Kier molecular flexibility index (Phi) is 7.25. The lowest BCUT2D eigenvalue weighted by atomic mass is 10.0. The zero-order valence-corrected chi connectivity index (χ0v) is 20.4. The third-order valence-corrected chi connectivity index (χ3v) is 7.07. The molecule has 4 rings (SSSR count). The number of hydrogen-bond acceptors (Lipinski definition) is 7. The number of nitrogens with zero attached hydrogens (tertiary/aromatic N) is 3. The molecule has 0 fully saturated rings. The number of carbonyl (C=O) groups is 1. The Labute approximate surface area is 214 Å². The van der Waals surface area contributed by atoms with Crippen molar-refractivity contribution in [3.63, 3.8) is 0 Å². The van der Waals surface area contributed by atoms with Gasteiger partial charge in [0.25, 0.3) is 0 Å². The van der Waals surface area contributed by atoms with Crippen LogP contribution in [-0.2, 0) is 15.7 Å². The number of ether oxygens (including phenoxy) is 3. The molecule has 0 amide bonds. The normalized spacial score (nSPS) is 17.4. The SMILES string of the molecule is COC(=O)CC1SC(c2cccc(OC)c2OC(F)(F)F)c2cc(Cl)ccc2-n2c1nnc2C(F)(F)F. The molecule has 0 bridgehead atoms. The summed E-state index contributed by atoms with van der Waals surface area (Å²) in [5.41, 5.74) is -0.0496. The molecule has 1 aromatic heterocycles. The average Bonchev–Trinajstić information content (AvgIpc) is 3.22. The van der Waals surface area contributed by atoms with Crippen molar-refractivity contribution < 1.29 is 45.3 Å². The quantitative estimate of drug-likeness (QED) is 0.265. The summed E-state index contributed by atoms with van der Waals surface area (Å²) in [6.45, 7) is 0. The second-order valence-corrected chi connectivity index (χ2v) is 9.38. The zero-order chi connectivity index (χ0) is 27.1. The molecule has 0 saturated heterocycles. The summed E-state index contributed by atoms with van der Waals surface area (Å²) in [6, 6.07) is 7.90. The molecule has 3 aromatic rings. The predicted molar refractivity (Wildman–Crippen MR) is 120 cm³/mol. The number of esters is 1. The molecule has 198 valence electrons. The third kappa shape index (κ3) is 5.44. The van der Waals surface area contributed by atoms with Crippen LogP contribution in [0.4, 0.5) is 26.3 Å². The van der Waals surface area contributed by atoms with Crippen molar-refractivity contribution in [3.05, 3.63) is 64.2 Å². The van der Waals surface area contributed by atoms with E-state index in [-0.39, 0.29) is 33.4 Å². The number of alkyl halides is 6. The highest BCUT2D eigenvalue weighted by molar-refractivity contribution is 8.00. The van der Waals surface area contributed by atoms with Crippen molar-refractivity contribution in [2.24, 2.45) is 0 Å². The molecule has 37 heavy (non-hydrogen) atoms. The van der Waals surface area contributed by atoms with Crippen molar-refractivity contribution >= 4 is 29.3 Å². The molecule has 7 nitrogen and oxygen atoms in total. The number of methoxy groups -OCH3 is 2. The Morgan fingerprint density at radius 2 is 1.81 bits per heavy atom. The first-order valence-corrected chi connectivity index (χ1v) is 11.6. The molecule has 0 radical (unpaired) electrons. The van der Waals surface area contributed by atoms with E-state index in [1.807, 2.05) is 0 Å². The van der Waals surface area contributed by atoms with E-state index in [9.17, 15) is 31.1 Å². The van der Waals surface area contributed by atoms with Crippen LogP contribution in [0.3, 0.4) is 0 Å². The fourth-order valence-electron chi connectivity index (χ4n) is 3.90. The highest BCUT2D eigenvalue weighted by atomic mass is 35.5. The lowest BCUT2D eigenvalue weighted by molar-refractivity contribution is -0.275. The molecule has 0 saturated carbocycles. The number of thioether (sulfide) groups is 1. The molecule has 2 unspecified atom stereocenters. The van der Waals surface area contributed by atoms with Gasteiger partial charge in [0.15, 0.2) is 17.3 Å². The van der Waals surface area contributed by atoms with E-state index in [4.69, 9.17) is 21.1 Å². The summed E-state index contributed by atoms with van der Waals surface area (Å²) < 4.78 is 96.7. The van der Waals surface area contributed by atoms with Gasteiger partial charge in [0.05, 0.1) is 36.8 Å². The van der Waals surface area contributed by atoms with Crippen LogP contribution in [0.1, 0.15) is 39.7 Å². The van der Waals surface area contributed by atoms with Crippen LogP contribution in [0.5, 0.6) is 11.5 Å². The van der Waals surface area contributed by atoms with Crippen LogP contribution in [0, 0.1) is 0 Å². The maximum absolute atomic E-state index is 13.9. The number of fused-ring (bicyclic) bond motifs is 3. The first-order chi connectivity index (χ1) is 17.3. The second-order valence-electron chi connectivity index (χ2n) is 7.63. The number of para-hydroxylation sites is 1. The monoisotopic (exact) mass is 567 g/mol. The van der Waals surface area contributed by atoms with E-state index in [2.05, 4.69) is 14.9 Å². The maximum atomic E-state index is 13.9. The number of halogens is 7. The fraction of sp³-hybridized carbons (Fsp3) is 0.318. The third-order valence-electron chi connectivity index (χ3n) is 5.35. The van der Waals surface area contributed by atoms with E-state index in [0.717, 1.165) is 30.5 Å². The van der Waals surface area contributed by atoms with Gasteiger partial charge >= 0.3 is 18.5 Å². The summed E-state index contributed by atoms with van der Waals surface area (Å²) in [5.74, 6) is -3.34. The van der Waals surface area contributed by atoms with Gasteiger partial charge in [-0.05, 0) is 29.8 Å². The highest BCUT2D eigenvalue weighted by Crippen LogP contribution is 2.55. The van der Waals surface area contributed by atoms with E-state index in [0.29, 0.717) is 0 Å². The first-order valence-electron chi connectivity index (χ1n) is 10.3. The Morgan fingerprint density at radius 1 is 1.08 bits per heavy atom. The number of rotatable bonds is 5. The van der Waals surface area contributed by atoms with Crippen molar-refractivity contribution in [3.8, 4) is 17.2 Å². The van der Waals surface area contributed by atoms with Crippen LogP contribution in [0.25, 0.3) is 5.69 Å². The zero-order valence-electron chi connectivity index (χ0n) is 18.9. The lowest BCUT2D eigenvalue weighted by Crippen LogP contribution is -2.19. The van der Waals surface area contributed by atoms with Gasteiger partial charge in [-0.15, -0.1) is 35.1 Å². The minimum absolute atomic E-state index is 0.0765. The van der Waals surface area contributed by atoms with E-state index >= 15 is 0 Å². The summed E-state index contributed by atoms with van der Waals surface area (Å²) >= 11 is 7.05. The van der Waals surface area contributed by atoms with Gasteiger partial charge in [-0.25, -0.2) is 0 Å². The van der Waals surface area contributed by atoms with Gasteiger partial charge < -0.3 is 14.2 Å². The molecule has 0 N–H and O–H groups in total. The largest absolute Gasteiger partial charge is 0.573 e. The standard InChI is InChI=1S/C22H16ClF6N3O4S/c1-34-14-5-3-4-11(17(14)36-22(27,28)29)18-12-8-10(23)6-7-13(12)32-19(15(37-18)9-16(33)35-2)30-31-20(32)21(24,25)26/h3-8,15,18H,9H2,1-2H3. The van der Waals surface area contributed by atoms with Crippen LogP contribution in [0.2, 0.25) is 5.02 Å². The van der Waals surface area contributed by atoms with Gasteiger partial charge in [0.1, 0.15) is 0 Å². The van der Waals surface area contributed by atoms with Crippen LogP contribution >= 0.6 is 23.4 Å². The Bertz CT molecular complexity index is 1330. The topological polar surface area (TPSA) is 75.5 Å². The maximum Gasteiger partial charge on any atom is 0.573 e. The van der Waals surface area contributed by atoms with Gasteiger partial charge in [-0.2, -0.15) is 13.2 Å². The number of aromatic nitrogens is 3. The Hall–Kier alpha value is -3.13. The van der Waals surface area contributed by atoms with Crippen LogP contribution in [-0.4, -0.2) is 41.3 Å². The molecule has 0 spiro atoms. The van der Waals surface area contributed by atoms with Crippen molar-refractivity contribution in [1.82, 2.24) is 14.8 Å². The Balaban J connectivity index is 2.03. The fourth-order valence-corrected chi connectivity index (χ4v) is 5.59. The number of hydrogen-bond donors (Lipinski definition) is 0. The van der Waals surface area contributed by atoms with E-state index in [1.165, 1.54) is 36.4 Å². The summed E-state index contributed by atoms with van der Waals surface area (Å²) in [6.07, 6.45) is -10.5.